The van der Waals surface area contributed by atoms with Crippen LogP contribution in [-0.4, -0.2) is 70.5 Å². The number of rotatable bonds is 16. The lowest BCUT2D eigenvalue weighted by Gasteiger charge is -2.27. The van der Waals surface area contributed by atoms with Crippen molar-refractivity contribution in [3.63, 3.8) is 0 Å². The van der Waals surface area contributed by atoms with Gasteiger partial charge in [0.05, 0.1) is 6.04 Å². The number of fused-ring (bicyclic) bond motifs is 1. The maximum atomic E-state index is 13.6. The lowest BCUT2D eigenvalue weighted by atomic mass is 9.99. The highest BCUT2D eigenvalue weighted by atomic mass is 16.4. The molecular formula is C31H42N8O5. The zero-order valence-electron chi connectivity index (χ0n) is 25.0. The summed E-state index contributed by atoms with van der Waals surface area (Å²) >= 11 is 0. The fourth-order valence-corrected chi connectivity index (χ4v) is 4.76. The second kappa shape index (κ2) is 16.1. The Morgan fingerprint density at radius 2 is 1.52 bits per heavy atom. The van der Waals surface area contributed by atoms with E-state index in [1.807, 2.05) is 54.6 Å². The average molecular weight is 607 g/mol. The zero-order chi connectivity index (χ0) is 32.2. The first-order valence-electron chi connectivity index (χ1n) is 14.5. The molecule has 2 aromatic carbocycles. The molecule has 4 atom stereocenters. The van der Waals surface area contributed by atoms with E-state index in [2.05, 4.69) is 25.9 Å². The van der Waals surface area contributed by atoms with E-state index < -0.39 is 53.8 Å². The number of guanidine groups is 1. The van der Waals surface area contributed by atoms with Crippen LogP contribution in [0.1, 0.15) is 37.8 Å². The third-order valence-electron chi connectivity index (χ3n) is 7.18. The molecule has 1 aromatic heterocycles. The van der Waals surface area contributed by atoms with Gasteiger partial charge >= 0.3 is 5.97 Å². The number of nitrogens with one attached hydrogen (secondary N) is 4. The van der Waals surface area contributed by atoms with Gasteiger partial charge in [-0.25, -0.2) is 4.79 Å². The summed E-state index contributed by atoms with van der Waals surface area (Å²) in [5.41, 5.74) is 19.1. The summed E-state index contributed by atoms with van der Waals surface area (Å²) in [6.07, 6.45) is 2.64. The Balaban J connectivity index is 1.72. The molecular weight excluding hydrogens is 564 g/mol. The van der Waals surface area contributed by atoms with E-state index in [1.165, 1.54) is 0 Å². The summed E-state index contributed by atoms with van der Waals surface area (Å²) in [5.74, 6) is -3.46. The van der Waals surface area contributed by atoms with Gasteiger partial charge in [-0.3, -0.25) is 19.4 Å². The Morgan fingerprint density at radius 1 is 0.864 bits per heavy atom. The molecule has 0 aliphatic carbocycles. The molecule has 0 radical (unpaired) electrons. The highest BCUT2D eigenvalue weighted by Gasteiger charge is 2.32. The number of aromatic nitrogens is 1. The molecule has 0 aliphatic rings. The van der Waals surface area contributed by atoms with Crippen molar-refractivity contribution >= 4 is 40.6 Å². The van der Waals surface area contributed by atoms with Gasteiger partial charge in [-0.05, 0) is 36.0 Å². The van der Waals surface area contributed by atoms with Gasteiger partial charge < -0.3 is 43.2 Å². The van der Waals surface area contributed by atoms with Gasteiger partial charge in [0.25, 0.3) is 0 Å². The fraction of sp³-hybridized carbons (Fsp3) is 0.387. The number of nitrogens with two attached hydrogens (primary N) is 3. The second-order valence-corrected chi connectivity index (χ2v) is 11.0. The maximum Gasteiger partial charge on any atom is 0.326 e. The van der Waals surface area contributed by atoms with Crippen molar-refractivity contribution in [3.05, 3.63) is 71.9 Å². The van der Waals surface area contributed by atoms with E-state index in [-0.39, 0.29) is 25.2 Å². The first-order chi connectivity index (χ1) is 21.0. The molecule has 3 aromatic rings. The van der Waals surface area contributed by atoms with Gasteiger partial charge in [-0.15, -0.1) is 0 Å². The van der Waals surface area contributed by atoms with E-state index >= 15 is 0 Å². The normalized spacial score (nSPS) is 13.8. The zero-order valence-corrected chi connectivity index (χ0v) is 25.0. The highest BCUT2D eigenvalue weighted by molar-refractivity contribution is 5.94. The summed E-state index contributed by atoms with van der Waals surface area (Å²) < 4.78 is 0. The first kappa shape index (κ1) is 33.6. The van der Waals surface area contributed by atoms with Gasteiger partial charge in [-0.1, -0.05) is 62.4 Å². The number of hydrogen-bond donors (Lipinski definition) is 8. The first-order valence-corrected chi connectivity index (χ1v) is 14.5. The number of hydrogen-bond acceptors (Lipinski definition) is 6. The van der Waals surface area contributed by atoms with Crippen LogP contribution in [0.15, 0.2) is 65.8 Å². The number of carbonyl (C=O) groups is 4. The van der Waals surface area contributed by atoms with Gasteiger partial charge in [-0.2, -0.15) is 0 Å². The van der Waals surface area contributed by atoms with Crippen molar-refractivity contribution in [2.75, 3.05) is 6.54 Å². The van der Waals surface area contributed by atoms with Crippen LogP contribution in [0.2, 0.25) is 0 Å². The Labute approximate surface area is 256 Å². The van der Waals surface area contributed by atoms with Gasteiger partial charge in [0.1, 0.15) is 18.1 Å². The minimum absolute atomic E-state index is 0.0393. The van der Waals surface area contributed by atoms with Crippen molar-refractivity contribution < 1.29 is 24.3 Å². The van der Waals surface area contributed by atoms with Crippen LogP contribution < -0.4 is 33.2 Å². The molecule has 11 N–H and O–H groups in total. The molecule has 44 heavy (non-hydrogen) atoms. The van der Waals surface area contributed by atoms with Crippen molar-refractivity contribution in [2.45, 2.75) is 63.7 Å². The average Bonchev–Trinajstić information content (AvgIpc) is 3.39. The third kappa shape index (κ3) is 9.83. The largest absolute Gasteiger partial charge is 0.480 e. The molecule has 0 bridgehead atoms. The summed E-state index contributed by atoms with van der Waals surface area (Å²) in [6.45, 7) is 3.77. The molecule has 13 nitrogen and oxygen atoms in total. The summed E-state index contributed by atoms with van der Waals surface area (Å²) in [6, 6.07) is 12.3. The number of nitrogens with zero attached hydrogens (tertiary/aromatic N) is 1. The van der Waals surface area contributed by atoms with Crippen LogP contribution in [0.4, 0.5) is 0 Å². The molecule has 3 rings (SSSR count). The number of aliphatic carboxylic acids is 1. The van der Waals surface area contributed by atoms with E-state index in [4.69, 9.17) is 17.2 Å². The van der Waals surface area contributed by atoms with Crippen LogP contribution in [0.3, 0.4) is 0 Å². The number of carboxylic acid groups (broad SMARTS) is 1. The molecule has 0 fully saturated rings. The summed E-state index contributed by atoms with van der Waals surface area (Å²) in [7, 11) is 0. The molecule has 4 unspecified atom stereocenters. The molecule has 3 amide bonds. The summed E-state index contributed by atoms with van der Waals surface area (Å²) in [5, 5.41) is 18.8. The number of benzene rings is 2. The maximum absolute atomic E-state index is 13.6. The number of amides is 3. The highest BCUT2D eigenvalue weighted by Crippen LogP contribution is 2.19. The van der Waals surface area contributed by atoms with Crippen molar-refractivity contribution in [2.24, 2.45) is 28.1 Å². The van der Waals surface area contributed by atoms with Crippen molar-refractivity contribution in [1.29, 1.82) is 0 Å². The number of H-pyrrole nitrogens is 1. The molecule has 0 saturated carbocycles. The lowest BCUT2D eigenvalue weighted by Crippen LogP contribution is -2.59. The van der Waals surface area contributed by atoms with E-state index in [0.717, 1.165) is 22.0 Å². The van der Waals surface area contributed by atoms with Crippen LogP contribution in [0, 0.1) is 5.92 Å². The predicted molar refractivity (Wildman–Crippen MR) is 168 cm³/mol. The Kier molecular flexibility index (Phi) is 12.3. The van der Waals surface area contributed by atoms with Crippen molar-refractivity contribution in [3.8, 4) is 0 Å². The molecule has 1 heterocycles. The predicted octanol–water partition coefficient (Wildman–Crippen LogP) is 0.529. The van der Waals surface area contributed by atoms with E-state index in [1.54, 1.807) is 20.0 Å². The van der Waals surface area contributed by atoms with E-state index in [9.17, 15) is 24.3 Å². The SMILES string of the molecule is CC(C)C(NC(=O)C(Cc1ccccc1)NC(=O)C(N)CCCN=C(N)N)C(=O)NC(Cc1c[nH]c2ccccc12)C(=O)O. The van der Waals surface area contributed by atoms with Crippen LogP contribution in [0.25, 0.3) is 10.9 Å². The Hall–Kier alpha value is -4.91. The molecule has 13 heteroatoms. The smallest absolute Gasteiger partial charge is 0.326 e. The van der Waals surface area contributed by atoms with Gasteiger partial charge in [0.15, 0.2) is 5.96 Å². The number of carboxylic acids is 1. The fourth-order valence-electron chi connectivity index (χ4n) is 4.76. The van der Waals surface area contributed by atoms with Crippen LogP contribution in [0.5, 0.6) is 0 Å². The number of carbonyl (C=O) groups excluding carboxylic acids is 3. The van der Waals surface area contributed by atoms with Crippen LogP contribution in [-0.2, 0) is 32.0 Å². The third-order valence-corrected chi connectivity index (χ3v) is 7.18. The number of aliphatic imine (C=N–C) groups is 1. The van der Waals surface area contributed by atoms with Gasteiger partial charge in [0, 0.05) is 36.5 Å². The molecule has 0 spiro atoms. The Bertz CT molecular complexity index is 1450. The molecule has 0 aliphatic heterocycles. The Morgan fingerprint density at radius 3 is 2.18 bits per heavy atom. The summed E-state index contributed by atoms with van der Waals surface area (Å²) in [4.78, 5) is 59.0. The number of para-hydroxylation sites is 1. The van der Waals surface area contributed by atoms with Crippen molar-refractivity contribution in [1.82, 2.24) is 20.9 Å². The lowest BCUT2D eigenvalue weighted by molar-refractivity contribution is -0.142. The topological polar surface area (TPSA) is 231 Å². The molecule has 236 valence electrons. The standard InChI is InChI=1S/C31H42N8O5/c1-18(2)26(29(42)38-25(30(43)44)16-20-17-36-23-13-7-6-11-21(20)23)39-28(41)24(15-19-9-4-3-5-10-19)37-27(40)22(32)12-8-14-35-31(33)34/h3-7,9-11,13,17-18,22,24-26,36H,8,12,14-16,32H2,1-2H3,(H,37,40)(H,38,42)(H,39,41)(H,43,44)(H4,33,34,35). The minimum Gasteiger partial charge on any atom is -0.480 e. The van der Waals surface area contributed by atoms with Crippen LogP contribution >= 0.6 is 0 Å². The monoisotopic (exact) mass is 606 g/mol. The quantitative estimate of drug-likeness (QED) is 0.0649. The number of aromatic amines is 1. The minimum atomic E-state index is -1.24. The molecule has 0 saturated heterocycles. The second-order valence-electron chi connectivity index (χ2n) is 11.0. The van der Waals surface area contributed by atoms with E-state index in [0.29, 0.717) is 13.0 Å². The van der Waals surface area contributed by atoms with Gasteiger partial charge in [0.2, 0.25) is 17.7 Å².